The number of pyridine rings is 1. The van der Waals surface area contributed by atoms with Gasteiger partial charge in [0.25, 0.3) is 0 Å². The van der Waals surface area contributed by atoms with E-state index in [1.165, 1.54) is 23.0 Å². The number of nitrogens with two attached hydrogens (primary N) is 1. The molecule has 3 aromatic rings. The molecule has 2 bridgehead atoms. The number of ether oxygens (including phenoxy) is 1. The maximum atomic E-state index is 15.0. The maximum absolute atomic E-state index is 15.0. The molecule has 2 unspecified atom stereocenters. The van der Waals surface area contributed by atoms with Crippen molar-refractivity contribution >= 4 is 39.5 Å². The molecule has 198 valence electrons. The molecule has 1 amide bonds. The van der Waals surface area contributed by atoms with Gasteiger partial charge in [-0.05, 0) is 78.3 Å². The first kappa shape index (κ1) is 25.3. The van der Waals surface area contributed by atoms with Crippen LogP contribution in [0.1, 0.15) is 36.8 Å². The highest BCUT2D eigenvalue weighted by Gasteiger charge is 2.44. The summed E-state index contributed by atoms with van der Waals surface area (Å²) >= 11 is 7.67. The van der Waals surface area contributed by atoms with Crippen molar-refractivity contribution in [2.24, 2.45) is 11.7 Å². The number of nitrogens with zero attached hydrogens (tertiary/aromatic N) is 2. The Labute approximate surface area is 229 Å². The van der Waals surface area contributed by atoms with Crippen LogP contribution in [0.5, 0.6) is 0 Å². The first-order chi connectivity index (χ1) is 18.4. The van der Waals surface area contributed by atoms with Crippen LogP contribution in [0.2, 0.25) is 4.34 Å². The highest BCUT2D eigenvalue weighted by Crippen LogP contribution is 2.49. The van der Waals surface area contributed by atoms with E-state index in [4.69, 9.17) is 22.1 Å². The summed E-state index contributed by atoms with van der Waals surface area (Å²) in [6.07, 6.45) is 6.20. The Kier molecular flexibility index (Phi) is 6.63. The van der Waals surface area contributed by atoms with Gasteiger partial charge in [-0.15, -0.1) is 11.3 Å². The fourth-order valence-electron chi connectivity index (χ4n) is 5.69. The number of benzene rings is 1. The van der Waals surface area contributed by atoms with Gasteiger partial charge in [0.05, 0.1) is 26.7 Å². The van der Waals surface area contributed by atoms with Crippen molar-refractivity contribution in [2.75, 3.05) is 24.3 Å². The molecule has 4 atom stereocenters. The number of aromatic nitrogens is 1. The Hall–Kier alpha value is -2.98. The summed E-state index contributed by atoms with van der Waals surface area (Å²) < 4.78 is 21.4. The lowest BCUT2D eigenvalue weighted by atomic mass is 9.79. The second-order valence-corrected chi connectivity index (χ2v) is 11.9. The number of thiophene rings is 1. The zero-order chi connectivity index (χ0) is 26.4. The minimum atomic E-state index is -0.871. The summed E-state index contributed by atoms with van der Waals surface area (Å²) in [5, 5.41) is 7.32. The van der Waals surface area contributed by atoms with Crippen LogP contribution in [-0.2, 0) is 15.1 Å². The third kappa shape index (κ3) is 4.68. The van der Waals surface area contributed by atoms with Crippen molar-refractivity contribution in [1.29, 1.82) is 0 Å². The van der Waals surface area contributed by atoms with Crippen molar-refractivity contribution in [3.8, 4) is 0 Å². The van der Waals surface area contributed by atoms with Crippen LogP contribution in [0.4, 0.5) is 15.1 Å². The zero-order valence-corrected chi connectivity index (χ0v) is 22.5. The quantitative estimate of drug-likeness (QED) is 0.406. The molecule has 1 saturated heterocycles. The summed E-state index contributed by atoms with van der Waals surface area (Å²) in [4.78, 5) is 19.9. The van der Waals surface area contributed by atoms with E-state index in [1.54, 1.807) is 31.6 Å². The van der Waals surface area contributed by atoms with Crippen molar-refractivity contribution in [1.82, 2.24) is 9.88 Å². The molecule has 1 aliphatic carbocycles. The van der Waals surface area contributed by atoms with E-state index in [-0.39, 0.29) is 17.7 Å². The van der Waals surface area contributed by atoms with Crippen molar-refractivity contribution in [3.05, 3.63) is 87.5 Å². The molecule has 0 radical (unpaired) electrons. The molecular weight excluding hydrogens is 525 g/mol. The van der Waals surface area contributed by atoms with Gasteiger partial charge in [0.15, 0.2) is 0 Å². The lowest BCUT2D eigenvalue weighted by Gasteiger charge is -2.31. The lowest BCUT2D eigenvalue weighted by Crippen LogP contribution is -2.41. The molecule has 3 aliphatic rings. The van der Waals surface area contributed by atoms with E-state index >= 15 is 4.39 Å². The summed E-state index contributed by atoms with van der Waals surface area (Å²) in [6.45, 7) is 0.548. The molecular formula is C28H29ClFN5O2S. The van der Waals surface area contributed by atoms with Crippen molar-refractivity contribution in [2.45, 2.75) is 43.4 Å². The largest absolute Gasteiger partial charge is 0.380 e. The Morgan fingerprint density at radius 3 is 2.79 bits per heavy atom. The molecule has 6 rings (SSSR count). The average Bonchev–Trinajstić information content (AvgIpc) is 3.36. The number of carbonyl (C=O) groups excluding carboxylic acids is 1. The van der Waals surface area contributed by atoms with E-state index in [9.17, 15) is 4.79 Å². The Balaban J connectivity index is 1.45. The standard InChI is InChI=1S/C28H29ClFN5O2S/c1-37-19-14-23-27(36)33-22-13-18(2-3-21(22)30)28(31,17-7-10-32-11-8-17)9-6-16-12-20(16)26(35(23)15-19)34-25-5-4-24(29)38-25/h2-5,7-8,10-11,13,16,19,23,34H,6,9,12,14-15,31H2,1H3,(H,33,36)/b26-20-/t16?,19-,23-,28?/m1/s1. The normalized spacial score (nSPS) is 28.9. The van der Waals surface area contributed by atoms with Crippen LogP contribution in [0.25, 0.3) is 0 Å². The molecule has 2 fully saturated rings. The number of fused-ring (bicyclic) bond motifs is 4. The number of carbonyl (C=O) groups is 1. The molecule has 10 heteroatoms. The minimum absolute atomic E-state index is 0.119. The van der Waals surface area contributed by atoms with Crippen LogP contribution in [0.3, 0.4) is 0 Å². The van der Waals surface area contributed by atoms with Gasteiger partial charge in [0.1, 0.15) is 17.7 Å². The second kappa shape index (κ2) is 9.96. The lowest BCUT2D eigenvalue weighted by molar-refractivity contribution is -0.119. The van der Waals surface area contributed by atoms with Gasteiger partial charge < -0.3 is 26.0 Å². The van der Waals surface area contributed by atoms with Crippen LogP contribution < -0.4 is 16.4 Å². The number of nitrogens with one attached hydrogen (secondary N) is 2. The van der Waals surface area contributed by atoms with Gasteiger partial charge in [-0.3, -0.25) is 9.78 Å². The zero-order valence-electron chi connectivity index (χ0n) is 20.9. The van der Waals surface area contributed by atoms with E-state index < -0.39 is 17.4 Å². The first-order valence-corrected chi connectivity index (χ1v) is 13.9. The number of halogens is 2. The fraction of sp³-hybridized carbons (Fsp3) is 0.357. The van der Waals surface area contributed by atoms with E-state index in [0.29, 0.717) is 29.6 Å². The number of rotatable bonds is 4. The predicted octanol–water partition coefficient (Wildman–Crippen LogP) is 5.30. The SMILES string of the molecule is CO[C@@H]1C[C@@H]2C(=O)Nc3cc(ccc3F)C(N)(c3ccncc3)CCC3C/C3=C(\Nc3ccc(Cl)s3)N2C1. The Morgan fingerprint density at radius 1 is 1.24 bits per heavy atom. The minimum Gasteiger partial charge on any atom is -0.380 e. The van der Waals surface area contributed by atoms with Crippen LogP contribution in [0.15, 0.2) is 66.3 Å². The summed E-state index contributed by atoms with van der Waals surface area (Å²) in [5.74, 6) is 0.428. The summed E-state index contributed by atoms with van der Waals surface area (Å²) in [5.41, 5.74) is 9.26. The van der Waals surface area contributed by atoms with Gasteiger partial charge in [-0.25, -0.2) is 4.39 Å². The highest BCUT2D eigenvalue weighted by molar-refractivity contribution is 7.19. The van der Waals surface area contributed by atoms with E-state index in [2.05, 4.69) is 20.5 Å². The van der Waals surface area contributed by atoms with Gasteiger partial charge >= 0.3 is 0 Å². The number of anilines is 2. The molecule has 4 heterocycles. The molecule has 1 aromatic carbocycles. The predicted molar refractivity (Wildman–Crippen MR) is 147 cm³/mol. The highest BCUT2D eigenvalue weighted by atomic mass is 35.5. The second-order valence-electron chi connectivity index (χ2n) is 10.2. The number of allylic oxidation sites excluding steroid dienone is 1. The number of amides is 1. The Morgan fingerprint density at radius 2 is 2.05 bits per heavy atom. The molecule has 1 saturated carbocycles. The maximum Gasteiger partial charge on any atom is 0.247 e. The van der Waals surface area contributed by atoms with Gasteiger partial charge in [0, 0.05) is 32.5 Å². The van der Waals surface area contributed by atoms with E-state index in [1.807, 2.05) is 24.3 Å². The average molecular weight is 554 g/mol. The monoisotopic (exact) mass is 553 g/mol. The van der Waals surface area contributed by atoms with Gasteiger partial charge in [0.2, 0.25) is 5.91 Å². The molecule has 2 aromatic heterocycles. The van der Waals surface area contributed by atoms with E-state index in [0.717, 1.165) is 34.8 Å². The number of hydrogen-bond donors (Lipinski definition) is 3. The third-order valence-electron chi connectivity index (χ3n) is 7.93. The number of hydrogen-bond acceptors (Lipinski definition) is 7. The molecule has 38 heavy (non-hydrogen) atoms. The van der Waals surface area contributed by atoms with Crippen LogP contribution >= 0.6 is 22.9 Å². The van der Waals surface area contributed by atoms with Crippen LogP contribution in [0, 0.1) is 11.7 Å². The molecule has 7 nitrogen and oxygen atoms in total. The molecule has 0 spiro atoms. The topological polar surface area (TPSA) is 92.5 Å². The Bertz CT molecular complexity index is 1400. The van der Waals surface area contributed by atoms with Crippen molar-refractivity contribution < 1.29 is 13.9 Å². The van der Waals surface area contributed by atoms with Gasteiger partial charge in [-0.2, -0.15) is 0 Å². The van der Waals surface area contributed by atoms with Gasteiger partial charge in [-0.1, -0.05) is 17.7 Å². The van der Waals surface area contributed by atoms with Crippen molar-refractivity contribution in [3.63, 3.8) is 0 Å². The molecule has 2 aliphatic heterocycles. The van der Waals surface area contributed by atoms with Crippen LogP contribution in [-0.4, -0.2) is 41.6 Å². The third-order valence-corrected chi connectivity index (χ3v) is 9.07. The molecule has 4 N–H and O–H groups in total. The first-order valence-electron chi connectivity index (χ1n) is 12.7. The fourth-order valence-corrected chi connectivity index (χ4v) is 6.63. The number of methoxy groups -OCH3 is 1. The summed E-state index contributed by atoms with van der Waals surface area (Å²) in [6, 6.07) is 11.8. The summed E-state index contributed by atoms with van der Waals surface area (Å²) in [7, 11) is 1.66. The smallest absolute Gasteiger partial charge is 0.247 e.